The number of aromatic nitrogens is 2. The number of piperazine rings is 1. The summed E-state index contributed by atoms with van der Waals surface area (Å²) in [5.41, 5.74) is 1.56. The molecular formula is C20H25ClN6O2. The molecule has 2 aliphatic heterocycles. The van der Waals surface area contributed by atoms with Crippen molar-refractivity contribution >= 4 is 35.1 Å². The van der Waals surface area contributed by atoms with Crippen molar-refractivity contribution in [1.29, 1.82) is 0 Å². The number of hydrogen-bond acceptors (Lipinski definition) is 6. The second-order valence-corrected chi connectivity index (χ2v) is 7.56. The van der Waals surface area contributed by atoms with E-state index < -0.39 is 0 Å². The van der Waals surface area contributed by atoms with Gasteiger partial charge in [0, 0.05) is 51.0 Å². The standard InChI is InChI=1S/C20H25ClN6O2/c1-15-14-18(25-10-12-29-13-11-25)24-19(22-15)26-6-8-27(9-7-26)20(28)23-17-5-3-2-4-16(17)21/h2-5,14H,6-13H2,1H3,(H,23,28). The van der Waals surface area contributed by atoms with E-state index in [2.05, 4.69) is 20.1 Å². The molecule has 154 valence electrons. The molecule has 1 aromatic carbocycles. The molecule has 4 rings (SSSR count). The average Bonchev–Trinajstić information content (AvgIpc) is 2.75. The van der Waals surface area contributed by atoms with Crippen LogP contribution in [-0.4, -0.2) is 73.4 Å². The monoisotopic (exact) mass is 416 g/mol. The molecule has 1 N–H and O–H groups in total. The van der Waals surface area contributed by atoms with Gasteiger partial charge in [-0.1, -0.05) is 23.7 Å². The van der Waals surface area contributed by atoms with Gasteiger partial charge in [0.1, 0.15) is 5.82 Å². The Hall–Kier alpha value is -2.58. The lowest BCUT2D eigenvalue weighted by molar-refractivity contribution is 0.122. The van der Waals surface area contributed by atoms with Crippen molar-refractivity contribution in [2.45, 2.75) is 6.92 Å². The molecule has 2 fully saturated rings. The van der Waals surface area contributed by atoms with Crippen LogP contribution in [0.3, 0.4) is 0 Å². The smallest absolute Gasteiger partial charge is 0.322 e. The number of urea groups is 1. The Kier molecular flexibility index (Phi) is 6.01. The molecule has 0 bridgehead atoms. The van der Waals surface area contributed by atoms with Crippen molar-refractivity contribution in [2.75, 3.05) is 67.6 Å². The van der Waals surface area contributed by atoms with Gasteiger partial charge < -0.3 is 24.8 Å². The Morgan fingerprint density at radius 1 is 1.03 bits per heavy atom. The fourth-order valence-corrected chi connectivity index (χ4v) is 3.68. The maximum Gasteiger partial charge on any atom is 0.322 e. The van der Waals surface area contributed by atoms with Crippen LogP contribution in [0.5, 0.6) is 0 Å². The number of para-hydroxylation sites is 1. The highest BCUT2D eigenvalue weighted by Crippen LogP contribution is 2.22. The Morgan fingerprint density at radius 3 is 2.48 bits per heavy atom. The van der Waals surface area contributed by atoms with Gasteiger partial charge in [0.25, 0.3) is 0 Å². The molecule has 1 aromatic heterocycles. The van der Waals surface area contributed by atoms with Crippen LogP contribution in [0.2, 0.25) is 5.02 Å². The van der Waals surface area contributed by atoms with E-state index in [9.17, 15) is 4.79 Å². The van der Waals surface area contributed by atoms with Crippen LogP contribution in [0, 0.1) is 6.92 Å². The van der Waals surface area contributed by atoms with Gasteiger partial charge in [0.15, 0.2) is 0 Å². The van der Waals surface area contributed by atoms with Crippen molar-refractivity contribution in [3.63, 3.8) is 0 Å². The van der Waals surface area contributed by atoms with E-state index in [0.717, 1.165) is 43.8 Å². The molecular weight excluding hydrogens is 392 g/mol. The lowest BCUT2D eigenvalue weighted by Gasteiger charge is -2.35. The minimum atomic E-state index is -0.142. The number of halogens is 1. The van der Waals surface area contributed by atoms with Crippen molar-refractivity contribution in [3.8, 4) is 0 Å². The summed E-state index contributed by atoms with van der Waals surface area (Å²) < 4.78 is 5.44. The van der Waals surface area contributed by atoms with Gasteiger partial charge in [-0.3, -0.25) is 0 Å². The molecule has 9 heteroatoms. The number of aryl methyl sites for hydroxylation is 1. The predicted molar refractivity (Wildman–Crippen MR) is 114 cm³/mol. The summed E-state index contributed by atoms with van der Waals surface area (Å²) in [5.74, 6) is 1.66. The third-order valence-corrected chi connectivity index (χ3v) is 5.46. The molecule has 2 aliphatic rings. The van der Waals surface area contributed by atoms with Crippen LogP contribution in [0.25, 0.3) is 0 Å². The molecule has 0 aliphatic carbocycles. The Balaban J connectivity index is 1.38. The van der Waals surface area contributed by atoms with E-state index in [-0.39, 0.29) is 6.03 Å². The first kappa shape index (κ1) is 19.7. The van der Waals surface area contributed by atoms with Crippen molar-refractivity contribution < 1.29 is 9.53 Å². The second-order valence-electron chi connectivity index (χ2n) is 7.15. The van der Waals surface area contributed by atoms with E-state index in [1.165, 1.54) is 0 Å². The van der Waals surface area contributed by atoms with Crippen LogP contribution in [-0.2, 0) is 4.74 Å². The maximum absolute atomic E-state index is 12.6. The number of rotatable bonds is 3. The number of nitrogens with zero attached hydrogens (tertiary/aromatic N) is 5. The number of morpholine rings is 1. The number of nitrogens with one attached hydrogen (secondary N) is 1. The summed E-state index contributed by atoms with van der Waals surface area (Å²) in [6.45, 7) is 7.67. The van der Waals surface area contributed by atoms with Gasteiger partial charge in [0.05, 0.1) is 23.9 Å². The molecule has 2 aromatic rings. The van der Waals surface area contributed by atoms with E-state index >= 15 is 0 Å². The first-order chi connectivity index (χ1) is 14.1. The van der Waals surface area contributed by atoms with Gasteiger partial charge in [-0.15, -0.1) is 0 Å². The van der Waals surface area contributed by atoms with E-state index in [4.69, 9.17) is 21.3 Å². The number of ether oxygens (including phenoxy) is 1. The van der Waals surface area contributed by atoms with E-state index in [1.807, 2.05) is 25.1 Å². The summed E-state index contributed by atoms with van der Waals surface area (Å²) >= 11 is 6.13. The first-order valence-corrected chi connectivity index (χ1v) is 10.2. The van der Waals surface area contributed by atoms with Crippen LogP contribution in [0.4, 0.5) is 22.2 Å². The lowest BCUT2D eigenvalue weighted by atomic mass is 10.3. The van der Waals surface area contributed by atoms with Crippen LogP contribution >= 0.6 is 11.6 Å². The minimum absolute atomic E-state index is 0.142. The zero-order valence-electron chi connectivity index (χ0n) is 16.5. The third-order valence-electron chi connectivity index (χ3n) is 5.13. The molecule has 3 heterocycles. The van der Waals surface area contributed by atoms with Crippen LogP contribution in [0.1, 0.15) is 5.69 Å². The van der Waals surface area contributed by atoms with Gasteiger partial charge in [-0.2, -0.15) is 4.98 Å². The van der Waals surface area contributed by atoms with Gasteiger partial charge in [-0.25, -0.2) is 9.78 Å². The first-order valence-electron chi connectivity index (χ1n) is 9.84. The maximum atomic E-state index is 12.6. The number of amides is 2. The predicted octanol–water partition coefficient (Wildman–Crippen LogP) is 2.63. The number of benzene rings is 1. The fourth-order valence-electron chi connectivity index (χ4n) is 3.50. The number of carbonyl (C=O) groups excluding carboxylic acids is 1. The zero-order chi connectivity index (χ0) is 20.2. The third kappa shape index (κ3) is 4.71. The van der Waals surface area contributed by atoms with E-state index in [1.54, 1.807) is 17.0 Å². The highest BCUT2D eigenvalue weighted by atomic mass is 35.5. The Morgan fingerprint density at radius 2 is 1.76 bits per heavy atom. The zero-order valence-corrected chi connectivity index (χ0v) is 17.2. The van der Waals surface area contributed by atoms with Crippen molar-refractivity contribution in [3.05, 3.63) is 41.0 Å². The van der Waals surface area contributed by atoms with Crippen molar-refractivity contribution in [1.82, 2.24) is 14.9 Å². The molecule has 0 radical (unpaired) electrons. The van der Waals surface area contributed by atoms with Crippen LogP contribution in [0.15, 0.2) is 30.3 Å². The van der Waals surface area contributed by atoms with E-state index in [0.29, 0.717) is 36.9 Å². The quantitative estimate of drug-likeness (QED) is 0.829. The lowest BCUT2D eigenvalue weighted by Crippen LogP contribution is -2.50. The summed E-state index contributed by atoms with van der Waals surface area (Å²) in [6, 6.07) is 9.12. The molecule has 8 nitrogen and oxygen atoms in total. The highest BCUT2D eigenvalue weighted by Gasteiger charge is 2.24. The highest BCUT2D eigenvalue weighted by molar-refractivity contribution is 6.33. The van der Waals surface area contributed by atoms with Gasteiger partial charge in [0.2, 0.25) is 5.95 Å². The van der Waals surface area contributed by atoms with Gasteiger partial charge in [-0.05, 0) is 19.1 Å². The van der Waals surface area contributed by atoms with Gasteiger partial charge >= 0.3 is 6.03 Å². The molecule has 0 spiro atoms. The molecule has 0 unspecified atom stereocenters. The molecule has 2 amide bonds. The molecule has 0 saturated carbocycles. The minimum Gasteiger partial charge on any atom is -0.378 e. The SMILES string of the molecule is Cc1cc(N2CCOCC2)nc(N2CCN(C(=O)Nc3ccccc3Cl)CC2)n1. The Bertz CT molecular complexity index is 866. The number of carbonyl (C=O) groups is 1. The van der Waals surface area contributed by atoms with Crippen molar-refractivity contribution in [2.24, 2.45) is 0 Å². The normalized spacial score (nSPS) is 17.4. The second kappa shape index (κ2) is 8.84. The summed E-state index contributed by atoms with van der Waals surface area (Å²) in [6.07, 6.45) is 0. The van der Waals surface area contributed by atoms with Crippen LogP contribution < -0.4 is 15.1 Å². The molecule has 2 saturated heterocycles. The topological polar surface area (TPSA) is 73.8 Å². The Labute approximate surface area is 175 Å². The summed E-state index contributed by atoms with van der Waals surface area (Å²) in [7, 11) is 0. The largest absolute Gasteiger partial charge is 0.378 e. The summed E-state index contributed by atoms with van der Waals surface area (Å²) in [5, 5.41) is 3.41. The fraction of sp³-hybridized carbons (Fsp3) is 0.450. The summed E-state index contributed by atoms with van der Waals surface area (Å²) in [4.78, 5) is 28.1. The average molecular weight is 417 g/mol. The number of anilines is 3. The molecule has 0 atom stereocenters. The number of hydrogen-bond donors (Lipinski definition) is 1. The molecule has 29 heavy (non-hydrogen) atoms.